The van der Waals surface area contributed by atoms with E-state index in [-0.39, 0.29) is 25.0 Å². The Balaban J connectivity index is 1.48. The molecule has 1 aromatic carbocycles. The number of hydrogen-bond donors (Lipinski definition) is 2. The molecule has 1 aromatic heterocycles. The average Bonchev–Trinajstić information content (AvgIpc) is 2.86. The normalized spacial score (nSPS) is 17.9. The number of aliphatic hydroxyl groups excluding tert-OH is 1. The van der Waals surface area contributed by atoms with Gasteiger partial charge in [-0.2, -0.15) is 0 Å². The number of para-hydroxylation sites is 2. The Hall–Kier alpha value is -3.17. The lowest BCUT2D eigenvalue weighted by molar-refractivity contribution is -0.133. The van der Waals surface area contributed by atoms with Crippen LogP contribution in [0.15, 0.2) is 42.5 Å². The molecule has 182 valence electrons. The van der Waals surface area contributed by atoms with Gasteiger partial charge in [-0.05, 0) is 43.5 Å². The second-order valence-electron chi connectivity index (χ2n) is 8.61. The Kier molecular flexibility index (Phi) is 8.32. The molecule has 34 heavy (non-hydrogen) atoms. The smallest absolute Gasteiger partial charge is 0.273 e. The highest BCUT2D eigenvalue weighted by Crippen LogP contribution is 2.27. The molecule has 1 fully saturated rings. The molecule has 0 radical (unpaired) electrons. The average molecular weight is 468 g/mol. The Morgan fingerprint density at radius 2 is 1.82 bits per heavy atom. The van der Waals surface area contributed by atoms with Gasteiger partial charge in [0.1, 0.15) is 23.8 Å². The first-order valence-corrected chi connectivity index (χ1v) is 12.0. The monoisotopic (exact) mass is 467 g/mol. The van der Waals surface area contributed by atoms with Crippen LogP contribution >= 0.6 is 0 Å². The zero-order valence-corrected chi connectivity index (χ0v) is 19.5. The third-order valence-corrected chi connectivity index (χ3v) is 6.20. The topological polar surface area (TPSA) is 98.2 Å². The zero-order valence-electron chi connectivity index (χ0n) is 19.5. The van der Waals surface area contributed by atoms with Gasteiger partial charge in [0.25, 0.3) is 5.91 Å². The second kappa shape index (κ2) is 11.8. The van der Waals surface area contributed by atoms with Gasteiger partial charge in [-0.1, -0.05) is 18.2 Å². The minimum atomic E-state index is -0.238. The maximum Gasteiger partial charge on any atom is 0.273 e. The molecule has 2 aliphatic heterocycles. The molecule has 2 amide bonds. The summed E-state index contributed by atoms with van der Waals surface area (Å²) in [6.45, 7) is 4.53. The van der Waals surface area contributed by atoms with Crippen LogP contribution in [0.1, 0.15) is 29.8 Å². The van der Waals surface area contributed by atoms with Crippen LogP contribution in [0.4, 0.5) is 11.5 Å². The van der Waals surface area contributed by atoms with Crippen molar-refractivity contribution in [3.63, 3.8) is 0 Å². The first kappa shape index (κ1) is 24.0. The number of hydrogen-bond acceptors (Lipinski definition) is 7. The molecule has 2 aliphatic rings. The molecule has 0 saturated carbocycles. The SMILES string of the molecule is O=C(CN1CCCCCOc2ccccc2Nc2cccc(n2)C1=O)N1CCN(CCO)CC1. The maximum atomic E-state index is 13.4. The predicted octanol–water partition coefficient (Wildman–Crippen LogP) is 1.97. The molecule has 4 rings (SSSR count). The van der Waals surface area contributed by atoms with Crippen LogP contribution in [0.2, 0.25) is 0 Å². The number of aliphatic hydroxyl groups is 1. The molecule has 0 spiro atoms. The number of benzene rings is 1. The van der Waals surface area contributed by atoms with Crippen molar-refractivity contribution >= 4 is 23.3 Å². The van der Waals surface area contributed by atoms with E-state index in [1.807, 2.05) is 29.2 Å². The van der Waals surface area contributed by atoms with Crippen molar-refractivity contribution < 1.29 is 19.4 Å². The summed E-state index contributed by atoms with van der Waals surface area (Å²) in [4.78, 5) is 36.5. The summed E-state index contributed by atoms with van der Waals surface area (Å²) >= 11 is 0. The number of carbonyl (C=O) groups excluding carboxylic acids is 2. The number of rotatable bonds is 4. The van der Waals surface area contributed by atoms with E-state index in [1.165, 1.54) is 0 Å². The third kappa shape index (κ3) is 6.24. The summed E-state index contributed by atoms with van der Waals surface area (Å²) in [5, 5.41) is 12.4. The Bertz CT molecular complexity index is 977. The molecule has 1 saturated heterocycles. The first-order chi connectivity index (χ1) is 16.6. The predicted molar refractivity (Wildman–Crippen MR) is 129 cm³/mol. The Morgan fingerprint density at radius 1 is 1.00 bits per heavy atom. The number of ether oxygens (including phenoxy) is 1. The fourth-order valence-electron chi connectivity index (χ4n) is 4.26. The van der Waals surface area contributed by atoms with Crippen molar-refractivity contribution in [1.82, 2.24) is 19.7 Å². The van der Waals surface area contributed by atoms with Crippen molar-refractivity contribution in [3.05, 3.63) is 48.2 Å². The molecule has 9 heteroatoms. The van der Waals surface area contributed by atoms with E-state index in [2.05, 4.69) is 15.2 Å². The first-order valence-electron chi connectivity index (χ1n) is 12.0. The van der Waals surface area contributed by atoms with Gasteiger partial charge >= 0.3 is 0 Å². The number of fused-ring (bicyclic) bond motifs is 3. The van der Waals surface area contributed by atoms with Crippen LogP contribution < -0.4 is 10.1 Å². The van der Waals surface area contributed by atoms with Gasteiger partial charge in [-0.15, -0.1) is 0 Å². The van der Waals surface area contributed by atoms with E-state index in [0.717, 1.165) is 43.8 Å². The highest BCUT2D eigenvalue weighted by Gasteiger charge is 2.26. The highest BCUT2D eigenvalue weighted by atomic mass is 16.5. The molecule has 0 unspecified atom stereocenters. The van der Waals surface area contributed by atoms with Gasteiger partial charge < -0.3 is 25.0 Å². The molecule has 2 N–H and O–H groups in total. The second-order valence-corrected chi connectivity index (χ2v) is 8.61. The van der Waals surface area contributed by atoms with E-state index < -0.39 is 0 Å². The zero-order chi connectivity index (χ0) is 23.8. The van der Waals surface area contributed by atoms with Crippen LogP contribution in [-0.2, 0) is 4.79 Å². The van der Waals surface area contributed by atoms with Crippen LogP contribution in [0.25, 0.3) is 0 Å². The summed E-state index contributed by atoms with van der Waals surface area (Å²) < 4.78 is 5.97. The summed E-state index contributed by atoms with van der Waals surface area (Å²) in [7, 11) is 0. The van der Waals surface area contributed by atoms with Crippen molar-refractivity contribution in [1.29, 1.82) is 0 Å². The van der Waals surface area contributed by atoms with Gasteiger partial charge in [0.05, 0.1) is 18.9 Å². The molecule has 3 heterocycles. The number of carbonyl (C=O) groups is 2. The van der Waals surface area contributed by atoms with E-state index in [0.29, 0.717) is 44.3 Å². The number of aromatic nitrogens is 1. The third-order valence-electron chi connectivity index (χ3n) is 6.20. The van der Waals surface area contributed by atoms with Gasteiger partial charge in [-0.25, -0.2) is 4.98 Å². The van der Waals surface area contributed by atoms with Crippen LogP contribution in [0.3, 0.4) is 0 Å². The summed E-state index contributed by atoms with van der Waals surface area (Å²) in [5.41, 5.74) is 1.10. The molecular weight excluding hydrogens is 434 g/mol. The van der Waals surface area contributed by atoms with Crippen molar-refractivity contribution in [3.8, 4) is 5.75 Å². The van der Waals surface area contributed by atoms with Crippen molar-refractivity contribution in [2.45, 2.75) is 19.3 Å². The molecule has 0 aliphatic carbocycles. The molecule has 9 nitrogen and oxygen atoms in total. The minimum absolute atomic E-state index is 0.0392. The molecule has 2 aromatic rings. The van der Waals surface area contributed by atoms with Crippen LogP contribution in [0, 0.1) is 0 Å². The maximum absolute atomic E-state index is 13.4. The van der Waals surface area contributed by atoms with E-state index >= 15 is 0 Å². The molecule has 0 atom stereocenters. The standard InChI is InChI=1S/C25H33N5O4/c31-17-16-28-12-14-29(15-13-28)24(32)19-30-11-4-1-5-18-34-22-9-3-2-7-20(22)26-23-10-6-8-21(27-23)25(30)33/h2-3,6-10,31H,1,4-5,11-19H2,(H,26,27). The fraction of sp³-hybridized carbons (Fsp3) is 0.480. The highest BCUT2D eigenvalue weighted by molar-refractivity contribution is 5.95. The van der Waals surface area contributed by atoms with Crippen LogP contribution in [-0.4, -0.2) is 95.6 Å². The van der Waals surface area contributed by atoms with Gasteiger partial charge in [0, 0.05) is 39.3 Å². The Labute approximate surface area is 200 Å². The number of piperazine rings is 1. The number of β-amino-alcohol motifs (C(OH)–C–C–N with tert-alkyl or cyclic N) is 1. The minimum Gasteiger partial charge on any atom is -0.491 e. The Morgan fingerprint density at radius 3 is 2.65 bits per heavy atom. The summed E-state index contributed by atoms with van der Waals surface area (Å²) in [6.07, 6.45) is 2.54. The quantitative estimate of drug-likeness (QED) is 0.709. The lowest BCUT2D eigenvalue weighted by Crippen LogP contribution is -2.52. The summed E-state index contributed by atoms with van der Waals surface area (Å²) in [5.74, 6) is 1.01. The van der Waals surface area contributed by atoms with Crippen molar-refractivity contribution in [2.24, 2.45) is 0 Å². The number of nitrogens with zero attached hydrogens (tertiary/aromatic N) is 4. The number of amides is 2. The lowest BCUT2D eigenvalue weighted by atomic mass is 10.2. The molecule has 2 bridgehead atoms. The number of pyridine rings is 1. The fourth-order valence-corrected chi connectivity index (χ4v) is 4.26. The van der Waals surface area contributed by atoms with E-state index in [9.17, 15) is 9.59 Å². The van der Waals surface area contributed by atoms with Gasteiger partial charge in [-0.3, -0.25) is 14.5 Å². The largest absolute Gasteiger partial charge is 0.491 e. The van der Waals surface area contributed by atoms with E-state index in [1.54, 1.807) is 23.1 Å². The van der Waals surface area contributed by atoms with Gasteiger partial charge in [0.2, 0.25) is 5.91 Å². The molecular formula is C25H33N5O4. The van der Waals surface area contributed by atoms with Gasteiger partial charge in [0.15, 0.2) is 0 Å². The number of anilines is 2. The van der Waals surface area contributed by atoms with Crippen molar-refractivity contribution in [2.75, 3.05) is 64.3 Å². The number of nitrogens with one attached hydrogen (secondary N) is 1. The van der Waals surface area contributed by atoms with E-state index in [4.69, 9.17) is 9.84 Å². The summed E-state index contributed by atoms with van der Waals surface area (Å²) in [6, 6.07) is 13.0. The lowest BCUT2D eigenvalue weighted by Gasteiger charge is -2.35. The van der Waals surface area contributed by atoms with Crippen LogP contribution in [0.5, 0.6) is 5.75 Å².